The van der Waals surface area contributed by atoms with E-state index in [4.69, 9.17) is 11.6 Å². The van der Waals surface area contributed by atoms with Gasteiger partial charge in [-0.15, -0.1) is 0 Å². The lowest BCUT2D eigenvalue weighted by Crippen LogP contribution is -1.67. The molecule has 0 aliphatic carbocycles. The predicted octanol–water partition coefficient (Wildman–Crippen LogP) is 2.53. The number of hydrogen-bond donors (Lipinski definition) is 2. The van der Waals surface area contributed by atoms with E-state index < -0.39 is 0 Å². The second-order valence-corrected chi connectivity index (χ2v) is 2.74. The number of H-pyrrole nitrogens is 1. The largest absolute Gasteiger partial charge is 0.507 e. The molecule has 3 heteroatoms. The van der Waals surface area contributed by atoms with Crippen molar-refractivity contribution in [2.45, 2.75) is 0 Å². The zero-order chi connectivity index (χ0) is 7.84. The third-order valence-electron chi connectivity index (χ3n) is 1.64. The maximum atomic E-state index is 9.34. The Morgan fingerprint density at radius 2 is 2.18 bits per heavy atom. The van der Waals surface area contributed by atoms with Gasteiger partial charge in [-0.3, -0.25) is 0 Å². The smallest absolute Gasteiger partial charge is 0.126 e. The van der Waals surface area contributed by atoms with Gasteiger partial charge in [-0.1, -0.05) is 17.7 Å². The lowest BCUT2D eigenvalue weighted by Gasteiger charge is -1.93. The quantitative estimate of drug-likeness (QED) is 0.622. The number of hydrogen-bond acceptors (Lipinski definition) is 1. The van der Waals surface area contributed by atoms with Crippen molar-refractivity contribution in [1.82, 2.24) is 4.98 Å². The number of phenolic OH excluding ortho intramolecular Hbond substituents is 1. The summed E-state index contributed by atoms with van der Waals surface area (Å²) in [5, 5.41) is 10.6. The van der Waals surface area contributed by atoms with Crippen LogP contribution in [0.2, 0.25) is 5.02 Å². The Bertz CT molecular complexity index is 394. The van der Waals surface area contributed by atoms with Crippen molar-refractivity contribution in [1.29, 1.82) is 0 Å². The SMILES string of the molecule is Oc1cccc2[nH]cc(Cl)c12. The van der Waals surface area contributed by atoms with Crippen molar-refractivity contribution in [3.05, 3.63) is 29.4 Å². The number of halogens is 1. The summed E-state index contributed by atoms with van der Waals surface area (Å²) in [6.07, 6.45) is 1.66. The Balaban J connectivity index is 2.96. The van der Waals surface area contributed by atoms with Gasteiger partial charge in [0.05, 0.1) is 15.9 Å². The van der Waals surface area contributed by atoms with Crippen LogP contribution in [-0.2, 0) is 0 Å². The second kappa shape index (κ2) is 2.17. The first-order valence-electron chi connectivity index (χ1n) is 3.23. The molecule has 0 atom stereocenters. The van der Waals surface area contributed by atoms with Crippen molar-refractivity contribution in [3.8, 4) is 5.75 Å². The molecule has 0 fully saturated rings. The average molecular weight is 168 g/mol. The van der Waals surface area contributed by atoms with Crippen molar-refractivity contribution in [3.63, 3.8) is 0 Å². The van der Waals surface area contributed by atoms with Crippen molar-refractivity contribution >= 4 is 22.5 Å². The number of aromatic amines is 1. The van der Waals surface area contributed by atoms with Crippen LogP contribution in [0.15, 0.2) is 24.4 Å². The highest BCUT2D eigenvalue weighted by Gasteiger charge is 2.03. The molecule has 2 N–H and O–H groups in total. The van der Waals surface area contributed by atoms with Gasteiger partial charge in [-0.05, 0) is 12.1 Å². The van der Waals surface area contributed by atoms with Crippen LogP contribution in [0.1, 0.15) is 0 Å². The number of benzene rings is 1. The molecule has 2 aromatic rings. The molecule has 0 aliphatic heterocycles. The van der Waals surface area contributed by atoms with Gasteiger partial charge in [0.15, 0.2) is 0 Å². The van der Waals surface area contributed by atoms with Gasteiger partial charge in [-0.25, -0.2) is 0 Å². The van der Waals surface area contributed by atoms with E-state index in [1.165, 1.54) is 0 Å². The summed E-state index contributed by atoms with van der Waals surface area (Å²) in [6, 6.07) is 5.24. The summed E-state index contributed by atoms with van der Waals surface area (Å²) in [6.45, 7) is 0. The minimum absolute atomic E-state index is 0.216. The van der Waals surface area contributed by atoms with Crippen LogP contribution in [0.3, 0.4) is 0 Å². The van der Waals surface area contributed by atoms with Gasteiger partial charge in [0.1, 0.15) is 5.75 Å². The van der Waals surface area contributed by atoms with Crippen LogP contribution >= 0.6 is 11.6 Å². The summed E-state index contributed by atoms with van der Waals surface area (Å²) in [4.78, 5) is 2.94. The van der Waals surface area contributed by atoms with Crippen molar-refractivity contribution in [2.24, 2.45) is 0 Å². The third-order valence-corrected chi connectivity index (χ3v) is 1.93. The molecule has 0 spiro atoms. The molecular formula is C8H6ClNO. The third kappa shape index (κ3) is 0.870. The predicted molar refractivity (Wildman–Crippen MR) is 45.0 cm³/mol. The number of phenols is 1. The fourth-order valence-corrected chi connectivity index (χ4v) is 1.38. The molecule has 0 saturated carbocycles. The van der Waals surface area contributed by atoms with Crippen LogP contribution in [0.4, 0.5) is 0 Å². The zero-order valence-corrected chi connectivity index (χ0v) is 6.39. The summed E-state index contributed by atoms with van der Waals surface area (Å²) in [5.74, 6) is 0.216. The van der Waals surface area contributed by atoms with E-state index in [1.807, 2.05) is 6.07 Å². The monoisotopic (exact) mass is 167 g/mol. The molecule has 1 heterocycles. The standard InChI is InChI=1S/C8H6ClNO/c9-5-4-10-6-2-1-3-7(11)8(5)6/h1-4,10-11H. The first kappa shape index (κ1) is 6.55. The number of fused-ring (bicyclic) bond motifs is 1. The maximum Gasteiger partial charge on any atom is 0.126 e. The fourth-order valence-electron chi connectivity index (χ4n) is 1.12. The maximum absolute atomic E-state index is 9.34. The lowest BCUT2D eigenvalue weighted by molar-refractivity contribution is 0.482. The molecule has 0 bridgehead atoms. The van der Waals surface area contributed by atoms with E-state index >= 15 is 0 Å². The van der Waals surface area contributed by atoms with Gasteiger partial charge < -0.3 is 10.1 Å². The van der Waals surface area contributed by atoms with Gasteiger partial charge in [0.25, 0.3) is 0 Å². The highest BCUT2D eigenvalue weighted by atomic mass is 35.5. The number of rotatable bonds is 0. The Morgan fingerprint density at radius 1 is 1.36 bits per heavy atom. The Morgan fingerprint density at radius 3 is 2.91 bits per heavy atom. The van der Waals surface area contributed by atoms with Crippen LogP contribution in [-0.4, -0.2) is 10.1 Å². The molecule has 0 saturated heterocycles. The van der Waals surface area contributed by atoms with Crippen molar-refractivity contribution in [2.75, 3.05) is 0 Å². The van der Waals surface area contributed by atoms with Gasteiger partial charge >= 0.3 is 0 Å². The summed E-state index contributed by atoms with van der Waals surface area (Å²) in [7, 11) is 0. The van der Waals surface area contributed by atoms with Gasteiger partial charge in [0.2, 0.25) is 0 Å². The van der Waals surface area contributed by atoms with Gasteiger partial charge in [0, 0.05) is 6.20 Å². The minimum atomic E-state index is 0.216. The molecule has 2 rings (SSSR count). The molecular weight excluding hydrogens is 162 g/mol. The Labute approximate surface area is 68.4 Å². The van der Waals surface area contributed by atoms with E-state index in [0.29, 0.717) is 10.4 Å². The molecule has 0 amide bonds. The fraction of sp³-hybridized carbons (Fsp3) is 0. The normalized spacial score (nSPS) is 10.6. The van der Waals surface area contributed by atoms with E-state index in [1.54, 1.807) is 18.3 Å². The zero-order valence-electron chi connectivity index (χ0n) is 5.63. The van der Waals surface area contributed by atoms with E-state index in [9.17, 15) is 5.11 Å². The molecule has 0 radical (unpaired) electrons. The molecule has 0 unspecified atom stereocenters. The molecule has 11 heavy (non-hydrogen) atoms. The highest BCUT2D eigenvalue weighted by Crippen LogP contribution is 2.30. The topological polar surface area (TPSA) is 36.0 Å². The molecule has 1 aromatic carbocycles. The first-order chi connectivity index (χ1) is 5.29. The summed E-state index contributed by atoms with van der Waals surface area (Å²) < 4.78 is 0. The molecule has 56 valence electrons. The average Bonchev–Trinajstić information content (AvgIpc) is 2.34. The molecule has 0 aliphatic rings. The number of aromatic nitrogens is 1. The Kier molecular flexibility index (Phi) is 1.29. The van der Waals surface area contributed by atoms with E-state index in [0.717, 1.165) is 5.52 Å². The lowest BCUT2D eigenvalue weighted by atomic mass is 10.2. The Hall–Kier alpha value is -1.15. The van der Waals surface area contributed by atoms with Crippen LogP contribution in [0.5, 0.6) is 5.75 Å². The summed E-state index contributed by atoms with van der Waals surface area (Å²) >= 11 is 5.79. The number of aromatic hydroxyl groups is 1. The van der Waals surface area contributed by atoms with E-state index in [-0.39, 0.29) is 5.75 Å². The molecule has 2 nitrogen and oxygen atoms in total. The minimum Gasteiger partial charge on any atom is -0.507 e. The van der Waals surface area contributed by atoms with Crippen LogP contribution < -0.4 is 0 Å². The highest BCUT2D eigenvalue weighted by molar-refractivity contribution is 6.36. The van der Waals surface area contributed by atoms with Crippen molar-refractivity contribution < 1.29 is 5.11 Å². The number of nitrogens with one attached hydrogen (secondary N) is 1. The van der Waals surface area contributed by atoms with Crippen LogP contribution in [0.25, 0.3) is 10.9 Å². The van der Waals surface area contributed by atoms with Crippen LogP contribution in [0, 0.1) is 0 Å². The second-order valence-electron chi connectivity index (χ2n) is 2.34. The van der Waals surface area contributed by atoms with Gasteiger partial charge in [-0.2, -0.15) is 0 Å². The molecule has 1 aromatic heterocycles. The van der Waals surface area contributed by atoms with E-state index in [2.05, 4.69) is 4.98 Å². The summed E-state index contributed by atoms with van der Waals surface area (Å²) in [5.41, 5.74) is 0.856. The first-order valence-corrected chi connectivity index (χ1v) is 3.61.